The van der Waals surface area contributed by atoms with E-state index in [1.54, 1.807) is 0 Å². The number of phosphoric ester groups is 1. The van der Waals surface area contributed by atoms with Crippen molar-refractivity contribution in [2.24, 2.45) is 0 Å². The second kappa shape index (κ2) is 26.8. The van der Waals surface area contributed by atoms with Crippen molar-refractivity contribution in [1.82, 2.24) is 5.32 Å². The van der Waals surface area contributed by atoms with E-state index >= 15 is 0 Å². The maximum Gasteiger partial charge on any atom is 0.268 e. The van der Waals surface area contributed by atoms with E-state index in [-0.39, 0.29) is 25.5 Å². The van der Waals surface area contributed by atoms with Crippen molar-refractivity contribution >= 4 is 13.7 Å². The van der Waals surface area contributed by atoms with Gasteiger partial charge in [-0.3, -0.25) is 9.36 Å². The molecule has 0 aromatic carbocycles. The Morgan fingerprint density at radius 1 is 0.837 bits per heavy atom. The molecule has 2 N–H and O–H groups in total. The van der Waals surface area contributed by atoms with Crippen LogP contribution in [-0.2, 0) is 18.4 Å². The average molecular weight is 627 g/mol. The molecule has 0 radical (unpaired) electrons. The summed E-state index contributed by atoms with van der Waals surface area (Å²) in [7, 11) is 1.25. The van der Waals surface area contributed by atoms with E-state index in [1.807, 2.05) is 33.3 Å². The molecule has 0 aromatic heterocycles. The van der Waals surface area contributed by atoms with Crippen LogP contribution in [-0.4, -0.2) is 68.5 Å². The highest BCUT2D eigenvalue weighted by Gasteiger charge is 2.24. The van der Waals surface area contributed by atoms with Gasteiger partial charge in [-0.25, -0.2) is 0 Å². The van der Waals surface area contributed by atoms with Crippen LogP contribution in [0.25, 0.3) is 0 Å². The Bertz CT molecular complexity index is 850. The molecule has 0 aromatic rings. The standard InChI is InChI=1S/C34H63N2O6P/c1-6-8-10-12-14-16-17-18-19-20-22-24-26-28-34(38)35-32(31-42-43(39,40)41-30-29-36(3,4)5)33(37)27-25-23-21-15-13-11-9-7-2/h8,10,14,16,18-19,22,24,32-33,37H,6-7,9,11-13,15,17,20-21,23,25-31H2,1-5H3,(H-,35,38,39,40)/b10-8-,16-14-,19-18-,24-22-. The van der Waals surface area contributed by atoms with E-state index in [0.717, 1.165) is 44.9 Å². The zero-order valence-electron chi connectivity index (χ0n) is 27.9. The summed E-state index contributed by atoms with van der Waals surface area (Å²) in [6.07, 6.45) is 30.0. The summed E-state index contributed by atoms with van der Waals surface area (Å²) < 4.78 is 23.0. The fourth-order valence-corrected chi connectivity index (χ4v) is 4.89. The van der Waals surface area contributed by atoms with Gasteiger partial charge in [0.05, 0.1) is 39.9 Å². The van der Waals surface area contributed by atoms with E-state index in [4.69, 9.17) is 9.05 Å². The first-order valence-electron chi connectivity index (χ1n) is 16.5. The van der Waals surface area contributed by atoms with E-state index in [0.29, 0.717) is 23.9 Å². The molecule has 3 unspecified atom stereocenters. The van der Waals surface area contributed by atoms with Crippen molar-refractivity contribution in [3.05, 3.63) is 48.6 Å². The highest BCUT2D eigenvalue weighted by atomic mass is 31.2. The molecular formula is C34H63N2O6P. The number of carbonyl (C=O) groups excluding carboxylic acids is 1. The van der Waals surface area contributed by atoms with E-state index in [9.17, 15) is 19.4 Å². The lowest BCUT2D eigenvalue weighted by atomic mass is 10.0. The Labute approximate surface area is 263 Å². The summed E-state index contributed by atoms with van der Waals surface area (Å²) in [5.41, 5.74) is 0. The summed E-state index contributed by atoms with van der Waals surface area (Å²) in [4.78, 5) is 25.0. The summed E-state index contributed by atoms with van der Waals surface area (Å²) >= 11 is 0. The van der Waals surface area contributed by atoms with Gasteiger partial charge in [-0.15, -0.1) is 0 Å². The van der Waals surface area contributed by atoms with Gasteiger partial charge < -0.3 is 28.8 Å². The minimum absolute atomic E-state index is 0.00299. The topological polar surface area (TPSA) is 108 Å². The van der Waals surface area contributed by atoms with Crippen molar-refractivity contribution < 1.29 is 32.9 Å². The maximum atomic E-state index is 12.6. The number of aliphatic hydroxyl groups excluding tert-OH is 1. The highest BCUT2D eigenvalue weighted by Crippen LogP contribution is 2.38. The lowest BCUT2D eigenvalue weighted by Gasteiger charge is -2.30. The molecule has 250 valence electrons. The molecule has 9 heteroatoms. The molecule has 0 heterocycles. The predicted molar refractivity (Wildman–Crippen MR) is 178 cm³/mol. The molecular weight excluding hydrogens is 563 g/mol. The number of nitrogens with one attached hydrogen (secondary N) is 1. The zero-order chi connectivity index (χ0) is 32.2. The van der Waals surface area contributed by atoms with Crippen molar-refractivity contribution in [3.8, 4) is 0 Å². The Kier molecular flexibility index (Phi) is 25.9. The molecule has 3 atom stereocenters. The smallest absolute Gasteiger partial charge is 0.268 e. The number of amides is 1. The number of hydrogen-bond acceptors (Lipinski definition) is 6. The van der Waals surface area contributed by atoms with Crippen LogP contribution >= 0.6 is 7.82 Å². The molecule has 0 spiro atoms. The van der Waals surface area contributed by atoms with Gasteiger partial charge in [-0.1, -0.05) is 114 Å². The SMILES string of the molecule is CC/C=C\C/C=C\C/C=C\C/C=C\CCC(=O)NC(COP(=O)([O-])OCC[N+](C)(C)C)C(O)CCCCCCCCCC. The largest absolute Gasteiger partial charge is 0.756 e. The molecule has 0 rings (SSSR count). The van der Waals surface area contributed by atoms with Crippen molar-refractivity contribution in [2.45, 2.75) is 122 Å². The van der Waals surface area contributed by atoms with Gasteiger partial charge in [0.15, 0.2) is 0 Å². The third-order valence-electron chi connectivity index (χ3n) is 6.84. The summed E-state index contributed by atoms with van der Waals surface area (Å²) in [6, 6.07) is -0.834. The summed E-state index contributed by atoms with van der Waals surface area (Å²) in [5.74, 6) is -0.252. The molecule has 0 bridgehead atoms. The monoisotopic (exact) mass is 626 g/mol. The minimum atomic E-state index is -4.56. The number of aliphatic hydroxyl groups is 1. The van der Waals surface area contributed by atoms with Crippen LogP contribution in [0.5, 0.6) is 0 Å². The van der Waals surface area contributed by atoms with E-state index in [1.165, 1.54) is 32.1 Å². The Morgan fingerprint density at radius 3 is 1.93 bits per heavy atom. The van der Waals surface area contributed by atoms with Crippen LogP contribution in [0.2, 0.25) is 0 Å². The van der Waals surface area contributed by atoms with Crippen LogP contribution in [0.3, 0.4) is 0 Å². The number of carbonyl (C=O) groups is 1. The van der Waals surface area contributed by atoms with Gasteiger partial charge in [0.2, 0.25) is 5.91 Å². The molecule has 0 aliphatic heterocycles. The number of likely N-dealkylation sites (N-methyl/N-ethyl adjacent to an activating group) is 1. The van der Waals surface area contributed by atoms with Crippen LogP contribution in [0.15, 0.2) is 48.6 Å². The number of quaternary nitrogens is 1. The van der Waals surface area contributed by atoms with Crippen LogP contribution in [0, 0.1) is 0 Å². The van der Waals surface area contributed by atoms with Gasteiger partial charge in [0, 0.05) is 6.42 Å². The van der Waals surface area contributed by atoms with Crippen LogP contribution in [0.4, 0.5) is 0 Å². The fourth-order valence-electron chi connectivity index (χ4n) is 4.16. The number of phosphoric acid groups is 1. The molecule has 1 amide bonds. The Balaban J connectivity index is 4.68. The van der Waals surface area contributed by atoms with Crippen molar-refractivity contribution in [1.29, 1.82) is 0 Å². The van der Waals surface area contributed by atoms with Gasteiger partial charge >= 0.3 is 0 Å². The summed E-state index contributed by atoms with van der Waals surface area (Å²) in [6.45, 7) is 4.46. The summed E-state index contributed by atoms with van der Waals surface area (Å²) in [5, 5.41) is 13.6. The number of rotatable bonds is 28. The van der Waals surface area contributed by atoms with Crippen molar-refractivity contribution in [2.75, 3.05) is 40.9 Å². The molecule has 0 fully saturated rings. The second-order valence-corrected chi connectivity index (χ2v) is 13.5. The molecule has 8 nitrogen and oxygen atoms in total. The van der Waals surface area contributed by atoms with Gasteiger partial charge in [-0.2, -0.15) is 0 Å². The van der Waals surface area contributed by atoms with Gasteiger partial charge in [0.1, 0.15) is 13.2 Å². The lowest BCUT2D eigenvalue weighted by molar-refractivity contribution is -0.870. The molecule has 43 heavy (non-hydrogen) atoms. The minimum Gasteiger partial charge on any atom is -0.756 e. The van der Waals surface area contributed by atoms with Gasteiger partial charge in [0.25, 0.3) is 7.82 Å². The van der Waals surface area contributed by atoms with Crippen molar-refractivity contribution in [3.63, 3.8) is 0 Å². The van der Waals surface area contributed by atoms with Crippen LogP contribution < -0.4 is 10.2 Å². The number of hydrogen-bond donors (Lipinski definition) is 2. The normalized spacial score (nSPS) is 15.6. The third kappa shape index (κ3) is 29.0. The molecule has 0 aliphatic rings. The Hall–Kier alpha value is -1.54. The number of nitrogens with zero attached hydrogens (tertiary/aromatic N) is 1. The first-order valence-corrected chi connectivity index (χ1v) is 17.9. The maximum absolute atomic E-state index is 12.6. The highest BCUT2D eigenvalue weighted by molar-refractivity contribution is 7.45. The zero-order valence-corrected chi connectivity index (χ0v) is 28.8. The first-order chi connectivity index (χ1) is 20.5. The molecule has 0 saturated heterocycles. The lowest BCUT2D eigenvalue weighted by Crippen LogP contribution is -2.46. The average Bonchev–Trinajstić information content (AvgIpc) is 2.94. The Morgan fingerprint density at radius 2 is 1.37 bits per heavy atom. The third-order valence-corrected chi connectivity index (χ3v) is 7.81. The second-order valence-electron chi connectivity index (χ2n) is 12.1. The van der Waals surface area contributed by atoms with Gasteiger partial charge in [-0.05, 0) is 38.5 Å². The fraction of sp³-hybridized carbons (Fsp3) is 0.735. The number of unbranched alkanes of at least 4 members (excludes halogenated alkanes) is 7. The molecule has 0 aliphatic carbocycles. The molecule has 0 saturated carbocycles. The van der Waals surface area contributed by atoms with E-state index < -0.39 is 20.0 Å². The predicted octanol–water partition coefficient (Wildman–Crippen LogP) is 7.16. The van der Waals surface area contributed by atoms with E-state index in [2.05, 4.69) is 55.6 Å². The quantitative estimate of drug-likeness (QED) is 0.0413. The first kappa shape index (κ1) is 41.5. The van der Waals surface area contributed by atoms with Crippen LogP contribution in [0.1, 0.15) is 110 Å². The number of allylic oxidation sites excluding steroid dienone is 8.